The van der Waals surface area contributed by atoms with Gasteiger partial charge in [0.05, 0.1) is 15.6 Å². The molecule has 5 heteroatoms. The van der Waals surface area contributed by atoms with Gasteiger partial charge in [-0.25, -0.2) is 0 Å². The molecule has 1 aromatic heterocycles. The van der Waals surface area contributed by atoms with Crippen molar-refractivity contribution in [2.45, 2.75) is 0 Å². The second kappa shape index (κ2) is 3.01. The van der Waals surface area contributed by atoms with E-state index in [1.54, 1.807) is 12.1 Å². The molecule has 0 saturated carbocycles. The van der Waals surface area contributed by atoms with E-state index >= 15 is 0 Å². The summed E-state index contributed by atoms with van der Waals surface area (Å²) in [7, 11) is 0. The highest BCUT2D eigenvalue weighted by molar-refractivity contribution is 6.42. The molecule has 0 spiro atoms. The first-order chi connectivity index (χ1) is 6.22. The van der Waals surface area contributed by atoms with Gasteiger partial charge in [-0.2, -0.15) is 5.10 Å². The van der Waals surface area contributed by atoms with Crippen molar-refractivity contribution in [2.75, 3.05) is 0 Å². The molecule has 2 aromatic rings. The Bertz CT molecular complexity index is 478. The van der Waals surface area contributed by atoms with Gasteiger partial charge in [0.1, 0.15) is 5.69 Å². The standard InChI is InChI=1S/C8H4Cl2N2O/c9-5-1-4-7(2-6(5)10)11-12-8(4)3-13/h1-3H,(H,11,12). The van der Waals surface area contributed by atoms with Gasteiger partial charge in [-0.15, -0.1) is 0 Å². The lowest BCUT2D eigenvalue weighted by molar-refractivity contribution is 0.112. The van der Waals surface area contributed by atoms with Crippen LogP contribution in [0, 0.1) is 0 Å². The minimum absolute atomic E-state index is 0.411. The first kappa shape index (κ1) is 8.53. The number of hydrogen-bond acceptors (Lipinski definition) is 2. The molecule has 66 valence electrons. The lowest BCUT2D eigenvalue weighted by Gasteiger charge is -1.94. The normalized spacial score (nSPS) is 10.6. The summed E-state index contributed by atoms with van der Waals surface area (Å²) in [6.45, 7) is 0. The second-order valence-corrected chi connectivity index (χ2v) is 3.35. The first-order valence-corrected chi connectivity index (χ1v) is 4.26. The van der Waals surface area contributed by atoms with Gasteiger partial charge in [0.25, 0.3) is 0 Å². The van der Waals surface area contributed by atoms with Crippen molar-refractivity contribution >= 4 is 40.4 Å². The molecule has 0 aliphatic carbocycles. The highest BCUT2D eigenvalue weighted by atomic mass is 35.5. The van der Waals surface area contributed by atoms with Gasteiger partial charge >= 0.3 is 0 Å². The minimum Gasteiger partial charge on any atom is -0.296 e. The predicted octanol–water partition coefficient (Wildman–Crippen LogP) is 2.68. The third-order valence-corrected chi connectivity index (χ3v) is 2.47. The van der Waals surface area contributed by atoms with Gasteiger partial charge < -0.3 is 0 Å². The van der Waals surface area contributed by atoms with E-state index in [9.17, 15) is 4.79 Å². The number of fused-ring (bicyclic) bond motifs is 1. The zero-order valence-electron chi connectivity index (χ0n) is 6.34. The summed E-state index contributed by atoms with van der Waals surface area (Å²) in [4.78, 5) is 10.5. The SMILES string of the molecule is O=Cc1[nH]nc2cc(Cl)c(Cl)cc12. The van der Waals surface area contributed by atoms with Crippen molar-refractivity contribution in [3.05, 3.63) is 27.9 Å². The topological polar surface area (TPSA) is 45.8 Å². The van der Waals surface area contributed by atoms with E-state index in [0.717, 1.165) is 0 Å². The minimum atomic E-state index is 0.411. The van der Waals surface area contributed by atoms with Crippen molar-refractivity contribution in [3.63, 3.8) is 0 Å². The zero-order chi connectivity index (χ0) is 9.42. The fourth-order valence-electron chi connectivity index (χ4n) is 1.12. The molecule has 1 aromatic carbocycles. The molecule has 13 heavy (non-hydrogen) atoms. The van der Waals surface area contributed by atoms with E-state index in [4.69, 9.17) is 23.2 Å². The number of aromatic amines is 1. The van der Waals surface area contributed by atoms with Gasteiger partial charge in [-0.3, -0.25) is 9.89 Å². The van der Waals surface area contributed by atoms with Crippen LogP contribution in [0.15, 0.2) is 12.1 Å². The Hall–Kier alpha value is -1.06. The van der Waals surface area contributed by atoms with Gasteiger partial charge in [0.2, 0.25) is 0 Å². The van der Waals surface area contributed by atoms with E-state index < -0.39 is 0 Å². The smallest absolute Gasteiger partial charge is 0.168 e. The van der Waals surface area contributed by atoms with E-state index in [2.05, 4.69) is 10.2 Å². The number of rotatable bonds is 1. The average Bonchev–Trinajstić information content (AvgIpc) is 2.48. The van der Waals surface area contributed by atoms with Crippen molar-refractivity contribution < 1.29 is 4.79 Å². The van der Waals surface area contributed by atoms with Crippen LogP contribution in [0.2, 0.25) is 10.0 Å². The van der Waals surface area contributed by atoms with Crippen LogP contribution in [0.5, 0.6) is 0 Å². The summed E-state index contributed by atoms with van der Waals surface area (Å²) in [5.41, 5.74) is 1.05. The molecule has 0 aliphatic heterocycles. The molecule has 0 amide bonds. The highest BCUT2D eigenvalue weighted by Crippen LogP contribution is 2.27. The Morgan fingerprint density at radius 1 is 1.31 bits per heavy atom. The maximum Gasteiger partial charge on any atom is 0.168 e. The Kier molecular flexibility index (Phi) is 1.98. The summed E-state index contributed by atoms with van der Waals surface area (Å²) in [6, 6.07) is 3.23. The predicted molar refractivity (Wildman–Crippen MR) is 51.5 cm³/mol. The number of hydrogen-bond donors (Lipinski definition) is 1. The quantitative estimate of drug-likeness (QED) is 0.743. The van der Waals surface area contributed by atoms with Crippen LogP contribution in [0.25, 0.3) is 10.9 Å². The Morgan fingerprint density at radius 2 is 2.00 bits per heavy atom. The Labute approximate surface area is 83.6 Å². The third-order valence-electron chi connectivity index (χ3n) is 1.74. The Morgan fingerprint density at radius 3 is 2.69 bits per heavy atom. The molecule has 0 saturated heterocycles. The van der Waals surface area contributed by atoms with Crippen molar-refractivity contribution in [1.82, 2.24) is 10.2 Å². The fraction of sp³-hybridized carbons (Fsp3) is 0. The van der Waals surface area contributed by atoms with Gasteiger partial charge in [-0.1, -0.05) is 23.2 Å². The first-order valence-electron chi connectivity index (χ1n) is 3.50. The van der Waals surface area contributed by atoms with Crippen LogP contribution >= 0.6 is 23.2 Å². The summed E-state index contributed by atoms with van der Waals surface area (Å²) in [6.07, 6.45) is 0.694. The summed E-state index contributed by atoms with van der Waals surface area (Å²) >= 11 is 11.5. The molecule has 0 aliphatic rings. The number of aldehydes is 1. The van der Waals surface area contributed by atoms with E-state index in [-0.39, 0.29) is 0 Å². The maximum absolute atomic E-state index is 10.5. The molecule has 0 atom stereocenters. The van der Waals surface area contributed by atoms with Crippen LogP contribution in [0.4, 0.5) is 0 Å². The third kappa shape index (κ3) is 1.30. The second-order valence-electron chi connectivity index (χ2n) is 2.54. The van der Waals surface area contributed by atoms with E-state index in [1.165, 1.54) is 0 Å². The van der Waals surface area contributed by atoms with Crippen molar-refractivity contribution in [1.29, 1.82) is 0 Å². The molecule has 0 radical (unpaired) electrons. The lowest BCUT2D eigenvalue weighted by Crippen LogP contribution is -1.78. The number of carbonyl (C=O) groups excluding carboxylic acids is 1. The molecular weight excluding hydrogens is 211 g/mol. The zero-order valence-corrected chi connectivity index (χ0v) is 7.86. The summed E-state index contributed by atoms with van der Waals surface area (Å²) in [5, 5.41) is 8.00. The molecular formula is C8H4Cl2N2O. The fourth-order valence-corrected chi connectivity index (χ4v) is 1.44. The van der Waals surface area contributed by atoms with Crippen LogP contribution in [0.3, 0.4) is 0 Å². The number of benzene rings is 1. The summed E-state index contributed by atoms with van der Waals surface area (Å²) < 4.78 is 0. The number of carbonyl (C=O) groups is 1. The van der Waals surface area contributed by atoms with Crippen LogP contribution in [-0.2, 0) is 0 Å². The van der Waals surface area contributed by atoms with Gasteiger partial charge in [0, 0.05) is 5.39 Å². The molecule has 2 rings (SSSR count). The average molecular weight is 215 g/mol. The number of nitrogens with zero attached hydrogens (tertiary/aromatic N) is 1. The molecule has 0 bridgehead atoms. The largest absolute Gasteiger partial charge is 0.296 e. The number of aromatic nitrogens is 2. The van der Waals surface area contributed by atoms with Crippen LogP contribution in [-0.4, -0.2) is 16.5 Å². The lowest BCUT2D eigenvalue weighted by atomic mass is 10.2. The van der Waals surface area contributed by atoms with E-state index in [0.29, 0.717) is 32.9 Å². The Balaban J connectivity index is 2.84. The summed E-state index contributed by atoms with van der Waals surface area (Å²) in [5.74, 6) is 0. The highest BCUT2D eigenvalue weighted by Gasteiger charge is 2.07. The number of halogens is 2. The van der Waals surface area contributed by atoms with Crippen molar-refractivity contribution in [3.8, 4) is 0 Å². The van der Waals surface area contributed by atoms with E-state index in [1.807, 2.05) is 0 Å². The molecule has 3 nitrogen and oxygen atoms in total. The molecule has 1 heterocycles. The number of H-pyrrole nitrogens is 1. The van der Waals surface area contributed by atoms with Gasteiger partial charge in [-0.05, 0) is 12.1 Å². The molecule has 0 fully saturated rings. The molecule has 0 unspecified atom stereocenters. The van der Waals surface area contributed by atoms with Crippen LogP contribution in [0.1, 0.15) is 10.5 Å². The molecule has 1 N–H and O–H groups in total. The van der Waals surface area contributed by atoms with Crippen LogP contribution < -0.4 is 0 Å². The van der Waals surface area contributed by atoms with Gasteiger partial charge in [0.15, 0.2) is 6.29 Å². The number of nitrogens with one attached hydrogen (secondary N) is 1. The van der Waals surface area contributed by atoms with Crippen molar-refractivity contribution in [2.24, 2.45) is 0 Å². The maximum atomic E-state index is 10.5. The monoisotopic (exact) mass is 214 g/mol.